The summed E-state index contributed by atoms with van der Waals surface area (Å²) in [5, 5.41) is 5.33. The molecule has 0 saturated heterocycles. The maximum absolute atomic E-state index is 12.9. The first kappa shape index (κ1) is 19.0. The summed E-state index contributed by atoms with van der Waals surface area (Å²) in [6.45, 7) is 3.70. The molecule has 0 spiro atoms. The van der Waals surface area contributed by atoms with E-state index in [1.807, 2.05) is 38.1 Å². The van der Waals surface area contributed by atoms with E-state index in [1.54, 1.807) is 31.4 Å². The predicted molar refractivity (Wildman–Crippen MR) is 114 cm³/mol. The van der Waals surface area contributed by atoms with Gasteiger partial charge in [-0.3, -0.25) is 9.59 Å². The van der Waals surface area contributed by atoms with Gasteiger partial charge in [0.2, 0.25) is 0 Å². The molecule has 2 aromatic heterocycles. The van der Waals surface area contributed by atoms with E-state index in [0.29, 0.717) is 22.5 Å². The zero-order chi connectivity index (χ0) is 20.5. The molecule has 0 radical (unpaired) electrons. The maximum atomic E-state index is 12.9. The first-order chi connectivity index (χ1) is 14.0. The number of ketones is 1. The van der Waals surface area contributed by atoms with Crippen LogP contribution in [-0.4, -0.2) is 27.7 Å². The second-order valence-electron chi connectivity index (χ2n) is 6.74. The normalized spacial score (nSPS) is 11.0. The van der Waals surface area contributed by atoms with Gasteiger partial charge in [0, 0.05) is 11.1 Å². The van der Waals surface area contributed by atoms with Crippen LogP contribution in [0.2, 0.25) is 0 Å². The highest BCUT2D eigenvalue weighted by atomic mass is 32.1. The number of methoxy groups -OCH3 is 1. The van der Waals surface area contributed by atoms with Crippen LogP contribution >= 0.6 is 11.3 Å². The van der Waals surface area contributed by atoms with Crippen molar-refractivity contribution in [2.75, 3.05) is 7.11 Å². The molecule has 146 valence electrons. The fraction of sp³-hybridized carbons (Fsp3) is 0.182. The van der Waals surface area contributed by atoms with E-state index in [2.05, 4.69) is 10.1 Å². The largest absolute Gasteiger partial charge is 0.497 e. The van der Waals surface area contributed by atoms with Crippen molar-refractivity contribution in [1.29, 1.82) is 0 Å². The minimum Gasteiger partial charge on any atom is -0.497 e. The number of aryl methyl sites for hydroxylation is 2. The third kappa shape index (κ3) is 3.69. The van der Waals surface area contributed by atoms with Gasteiger partial charge in [-0.25, -0.2) is 9.67 Å². The summed E-state index contributed by atoms with van der Waals surface area (Å²) in [5.74, 6) is 0.363. The number of ether oxygens (including phenoxy) is 1. The fourth-order valence-electron chi connectivity index (χ4n) is 3.10. The molecule has 2 heterocycles. The van der Waals surface area contributed by atoms with Crippen LogP contribution in [0, 0.1) is 13.8 Å². The minimum atomic E-state index is -0.364. The molecule has 0 amide bonds. The van der Waals surface area contributed by atoms with Gasteiger partial charge in [-0.2, -0.15) is 5.10 Å². The van der Waals surface area contributed by atoms with Crippen molar-refractivity contribution >= 4 is 27.3 Å². The van der Waals surface area contributed by atoms with Gasteiger partial charge < -0.3 is 4.74 Å². The number of nitrogens with zero attached hydrogens (tertiary/aromatic N) is 3. The lowest BCUT2D eigenvalue weighted by molar-refractivity contribution is 0.0965. The Morgan fingerprint density at radius 3 is 2.62 bits per heavy atom. The fourth-order valence-corrected chi connectivity index (χ4v) is 4.01. The number of Topliss-reactive ketones (excluding diaryl/α,β-unsaturated/α-hetero) is 1. The van der Waals surface area contributed by atoms with E-state index in [1.165, 1.54) is 16.0 Å². The highest BCUT2D eigenvalue weighted by Gasteiger charge is 2.18. The molecule has 7 heteroatoms. The topological polar surface area (TPSA) is 74.1 Å². The monoisotopic (exact) mass is 405 g/mol. The van der Waals surface area contributed by atoms with Gasteiger partial charge >= 0.3 is 0 Å². The Bertz CT molecular complexity index is 1270. The average molecular weight is 405 g/mol. The summed E-state index contributed by atoms with van der Waals surface area (Å²) in [6.07, 6.45) is 0. The lowest BCUT2D eigenvalue weighted by Gasteiger charge is -2.09. The highest BCUT2D eigenvalue weighted by molar-refractivity contribution is 7.19. The van der Waals surface area contributed by atoms with Crippen molar-refractivity contribution in [3.8, 4) is 17.0 Å². The molecule has 0 aliphatic carbocycles. The van der Waals surface area contributed by atoms with E-state index in [-0.39, 0.29) is 17.9 Å². The molecule has 0 unspecified atom stereocenters. The van der Waals surface area contributed by atoms with Crippen molar-refractivity contribution in [2.24, 2.45) is 0 Å². The maximum Gasteiger partial charge on any atom is 0.294 e. The average Bonchev–Trinajstić information content (AvgIpc) is 3.12. The Balaban J connectivity index is 1.82. The first-order valence-electron chi connectivity index (χ1n) is 9.09. The van der Waals surface area contributed by atoms with Crippen LogP contribution in [0.15, 0.2) is 53.3 Å². The molecule has 0 N–H and O–H groups in total. The second-order valence-corrected chi connectivity index (χ2v) is 7.95. The number of hydrogen-bond acceptors (Lipinski definition) is 6. The summed E-state index contributed by atoms with van der Waals surface area (Å²) >= 11 is 1.43. The van der Waals surface area contributed by atoms with Gasteiger partial charge in [0.05, 0.1) is 16.8 Å². The molecule has 2 aromatic carbocycles. The molecule has 0 atom stereocenters. The van der Waals surface area contributed by atoms with E-state index in [4.69, 9.17) is 4.74 Å². The first-order valence-corrected chi connectivity index (χ1v) is 9.90. The van der Waals surface area contributed by atoms with Crippen LogP contribution in [-0.2, 0) is 6.54 Å². The third-order valence-electron chi connectivity index (χ3n) is 4.62. The number of carbonyl (C=O) groups excluding carboxylic acids is 1. The van der Waals surface area contributed by atoms with E-state index in [9.17, 15) is 9.59 Å². The van der Waals surface area contributed by atoms with E-state index < -0.39 is 0 Å². The zero-order valence-electron chi connectivity index (χ0n) is 16.3. The third-order valence-corrected chi connectivity index (χ3v) is 5.59. The van der Waals surface area contributed by atoms with Gasteiger partial charge in [0.25, 0.3) is 5.56 Å². The Labute approximate surface area is 171 Å². The lowest BCUT2D eigenvalue weighted by atomic mass is 10.1. The van der Waals surface area contributed by atoms with Crippen LogP contribution in [0.25, 0.3) is 21.5 Å². The Kier molecular flexibility index (Phi) is 4.98. The molecular weight excluding hydrogens is 386 g/mol. The van der Waals surface area contributed by atoms with E-state index in [0.717, 1.165) is 20.8 Å². The predicted octanol–water partition coefficient (Wildman–Crippen LogP) is 4.03. The lowest BCUT2D eigenvalue weighted by Crippen LogP contribution is -2.27. The molecule has 0 aliphatic heterocycles. The van der Waals surface area contributed by atoms with Crippen LogP contribution in [0.4, 0.5) is 0 Å². The molecule has 4 aromatic rings. The van der Waals surface area contributed by atoms with Crippen molar-refractivity contribution in [2.45, 2.75) is 20.4 Å². The van der Waals surface area contributed by atoms with Gasteiger partial charge in [-0.05, 0) is 26.0 Å². The van der Waals surface area contributed by atoms with Gasteiger partial charge in [-0.15, -0.1) is 11.3 Å². The molecule has 4 rings (SSSR count). The molecule has 29 heavy (non-hydrogen) atoms. The molecule has 6 nitrogen and oxygen atoms in total. The molecule has 0 fully saturated rings. The Hall–Kier alpha value is -3.32. The number of thiazole rings is 1. The number of rotatable bonds is 5. The highest BCUT2D eigenvalue weighted by Crippen LogP contribution is 2.29. The Morgan fingerprint density at radius 1 is 1.14 bits per heavy atom. The van der Waals surface area contributed by atoms with Crippen molar-refractivity contribution in [3.63, 3.8) is 0 Å². The zero-order valence-corrected chi connectivity index (χ0v) is 17.1. The van der Waals surface area contributed by atoms with Crippen LogP contribution in [0.1, 0.15) is 20.9 Å². The molecular formula is C22H19N3O3S. The number of fused-ring (bicyclic) bond motifs is 1. The van der Waals surface area contributed by atoms with E-state index >= 15 is 0 Å². The minimum absolute atomic E-state index is 0.169. The van der Waals surface area contributed by atoms with Crippen LogP contribution < -0.4 is 10.3 Å². The van der Waals surface area contributed by atoms with Crippen molar-refractivity contribution in [1.82, 2.24) is 14.8 Å². The number of benzene rings is 2. The SMILES string of the molecule is COc1cccc(C(=O)Cn2nc(-c3ccc(C)cc3)c3sc(C)nc3c2=O)c1. The number of aromatic nitrogens is 3. The van der Waals surface area contributed by atoms with Gasteiger partial charge in [-0.1, -0.05) is 42.0 Å². The standard InChI is InChI=1S/C22H19N3O3S/c1-13-7-9-15(10-8-13)19-21-20(23-14(2)29-21)22(27)25(24-19)12-18(26)16-5-4-6-17(11-16)28-3/h4-11H,12H2,1-3H3. The quantitative estimate of drug-likeness (QED) is 0.469. The smallest absolute Gasteiger partial charge is 0.294 e. The summed E-state index contributed by atoms with van der Waals surface area (Å²) in [5.41, 5.74) is 3.11. The van der Waals surface area contributed by atoms with Gasteiger partial charge in [0.15, 0.2) is 11.3 Å². The molecule has 0 aliphatic rings. The van der Waals surface area contributed by atoms with Gasteiger partial charge in [0.1, 0.15) is 18.0 Å². The summed E-state index contributed by atoms with van der Waals surface area (Å²) in [4.78, 5) is 30.1. The summed E-state index contributed by atoms with van der Waals surface area (Å²) < 4.78 is 7.13. The number of hydrogen-bond donors (Lipinski definition) is 0. The Morgan fingerprint density at radius 2 is 1.90 bits per heavy atom. The molecule has 0 bridgehead atoms. The summed E-state index contributed by atoms with van der Waals surface area (Å²) in [6, 6.07) is 14.8. The van der Waals surface area contributed by atoms with Crippen molar-refractivity contribution < 1.29 is 9.53 Å². The van der Waals surface area contributed by atoms with Crippen LogP contribution in [0.3, 0.4) is 0 Å². The van der Waals surface area contributed by atoms with Crippen LogP contribution in [0.5, 0.6) is 5.75 Å². The summed E-state index contributed by atoms with van der Waals surface area (Å²) in [7, 11) is 1.54. The number of carbonyl (C=O) groups is 1. The second kappa shape index (κ2) is 7.60. The molecule has 0 saturated carbocycles. The van der Waals surface area contributed by atoms with Crippen molar-refractivity contribution in [3.05, 3.63) is 75.0 Å².